The molecule has 0 aromatic heterocycles. The van der Waals surface area contributed by atoms with Crippen LogP contribution in [0.25, 0.3) is 0 Å². The maximum atomic E-state index is 9.73. The van der Waals surface area contributed by atoms with Gasteiger partial charge in [-0.15, -0.1) is 0 Å². The number of unbranched alkanes of at least 4 members (excludes halogenated alkanes) is 3. The molecule has 0 aliphatic rings. The number of rotatable bonds is 8. The molecule has 0 aliphatic carbocycles. The average Bonchev–Trinajstić information content (AvgIpc) is 2.34. The van der Waals surface area contributed by atoms with Gasteiger partial charge in [-0.2, -0.15) is 0 Å². The minimum absolute atomic E-state index is 0.271. The number of halogens is 1. The third-order valence-electron chi connectivity index (χ3n) is 3.21. The van der Waals surface area contributed by atoms with Crippen LogP contribution in [0.5, 0.6) is 5.75 Å². The summed E-state index contributed by atoms with van der Waals surface area (Å²) in [5, 5.41) is 13.8. The van der Waals surface area contributed by atoms with E-state index in [1.165, 1.54) is 32.1 Å². The van der Waals surface area contributed by atoms with Crippen LogP contribution in [0.2, 0.25) is 5.02 Å². The highest BCUT2D eigenvalue weighted by Gasteiger charge is 2.07. The number of phenols is 1. The molecule has 0 heterocycles. The van der Waals surface area contributed by atoms with Crippen molar-refractivity contribution in [3.05, 3.63) is 28.8 Å². The van der Waals surface area contributed by atoms with Crippen molar-refractivity contribution in [2.75, 3.05) is 0 Å². The van der Waals surface area contributed by atoms with E-state index >= 15 is 0 Å². The summed E-state index contributed by atoms with van der Waals surface area (Å²) >= 11 is 6.06. The fourth-order valence-electron chi connectivity index (χ4n) is 1.98. The van der Waals surface area contributed by atoms with Gasteiger partial charge in [-0.25, -0.2) is 0 Å². The summed E-state index contributed by atoms with van der Waals surface area (Å²) in [4.78, 5) is 0. The molecule has 1 unspecified atom stereocenters. The van der Waals surface area contributed by atoms with E-state index in [-0.39, 0.29) is 5.75 Å². The molecule has 2 nitrogen and oxygen atoms in total. The van der Waals surface area contributed by atoms with Crippen molar-refractivity contribution in [2.24, 2.45) is 0 Å². The highest BCUT2D eigenvalue weighted by molar-refractivity contribution is 6.31. The summed E-state index contributed by atoms with van der Waals surface area (Å²) < 4.78 is 0. The number of hydrogen-bond donors (Lipinski definition) is 2. The molecule has 0 saturated heterocycles. The van der Waals surface area contributed by atoms with Gasteiger partial charge >= 0.3 is 0 Å². The molecule has 2 N–H and O–H groups in total. The minimum Gasteiger partial charge on any atom is -0.508 e. The Morgan fingerprint density at radius 1 is 1.28 bits per heavy atom. The zero-order chi connectivity index (χ0) is 13.4. The Morgan fingerprint density at radius 2 is 2.06 bits per heavy atom. The first-order valence-corrected chi connectivity index (χ1v) is 7.22. The zero-order valence-corrected chi connectivity index (χ0v) is 12.1. The average molecular weight is 270 g/mol. The van der Waals surface area contributed by atoms with Gasteiger partial charge < -0.3 is 10.4 Å². The van der Waals surface area contributed by atoms with Gasteiger partial charge in [0, 0.05) is 23.2 Å². The Balaban J connectivity index is 2.31. The summed E-state index contributed by atoms with van der Waals surface area (Å²) in [6.07, 6.45) is 6.33. The summed E-state index contributed by atoms with van der Waals surface area (Å²) in [6, 6.07) is 5.70. The molecule has 1 rings (SSSR count). The molecule has 1 atom stereocenters. The van der Waals surface area contributed by atoms with E-state index < -0.39 is 0 Å². The molecule has 1 aromatic carbocycles. The lowest BCUT2D eigenvalue weighted by atomic mass is 10.1. The van der Waals surface area contributed by atoms with E-state index in [1.807, 2.05) is 6.07 Å². The van der Waals surface area contributed by atoms with Gasteiger partial charge in [-0.3, -0.25) is 0 Å². The first-order chi connectivity index (χ1) is 8.65. The van der Waals surface area contributed by atoms with Gasteiger partial charge in [-0.05, 0) is 25.5 Å². The second-order valence-electron chi connectivity index (χ2n) is 4.87. The van der Waals surface area contributed by atoms with Crippen LogP contribution in [0.1, 0.15) is 51.5 Å². The van der Waals surface area contributed by atoms with Gasteiger partial charge in [0.25, 0.3) is 0 Å². The summed E-state index contributed by atoms with van der Waals surface area (Å²) in [6.45, 7) is 5.03. The first kappa shape index (κ1) is 15.3. The lowest BCUT2D eigenvalue weighted by molar-refractivity contribution is 0.449. The van der Waals surface area contributed by atoms with E-state index in [1.54, 1.807) is 12.1 Å². The molecule has 0 amide bonds. The Bertz CT molecular complexity index is 334. The number of aromatic hydroxyl groups is 1. The normalized spacial score (nSPS) is 12.6. The molecule has 0 fully saturated rings. The minimum atomic E-state index is 0.271. The molecule has 18 heavy (non-hydrogen) atoms. The second-order valence-corrected chi connectivity index (χ2v) is 5.28. The molecule has 0 spiro atoms. The van der Waals surface area contributed by atoms with E-state index in [0.29, 0.717) is 17.6 Å². The van der Waals surface area contributed by atoms with Gasteiger partial charge in [0.2, 0.25) is 0 Å². The topological polar surface area (TPSA) is 32.3 Å². The number of phenolic OH excluding ortho intramolecular Hbond substituents is 1. The predicted octanol–water partition coefficient (Wildman–Crippen LogP) is 4.49. The van der Waals surface area contributed by atoms with Crippen LogP contribution in [-0.2, 0) is 6.54 Å². The van der Waals surface area contributed by atoms with Crippen LogP contribution in [0.4, 0.5) is 0 Å². The molecule has 3 heteroatoms. The Labute approximate surface area is 115 Å². The largest absolute Gasteiger partial charge is 0.508 e. The van der Waals surface area contributed by atoms with Crippen LogP contribution in [0, 0.1) is 0 Å². The molecular formula is C15H24ClNO. The van der Waals surface area contributed by atoms with Crippen molar-refractivity contribution in [1.82, 2.24) is 5.32 Å². The van der Waals surface area contributed by atoms with E-state index in [4.69, 9.17) is 11.6 Å². The maximum Gasteiger partial charge on any atom is 0.121 e. The zero-order valence-electron chi connectivity index (χ0n) is 11.4. The van der Waals surface area contributed by atoms with Crippen molar-refractivity contribution in [3.63, 3.8) is 0 Å². The van der Waals surface area contributed by atoms with Crippen molar-refractivity contribution < 1.29 is 5.11 Å². The molecular weight excluding hydrogens is 246 g/mol. The lowest BCUT2D eigenvalue weighted by Gasteiger charge is -2.15. The maximum absolute atomic E-state index is 9.73. The van der Waals surface area contributed by atoms with Crippen LogP contribution in [0.15, 0.2) is 18.2 Å². The monoisotopic (exact) mass is 269 g/mol. The Morgan fingerprint density at radius 3 is 2.72 bits per heavy atom. The first-order valence-electron chi connectivity index (χ1n) is 6.85. The molecule has 0 saturated carbocycles. The highest BCUT2D eigenvalue weighted by Crippen LogP contribution is 2.25. The number of hydrogen-bond acceptors (Lipinski definition) is 2. The summed E-state index contributed by atoms with van der Waals surface area (Å²) in [5.41, 5.74) is 0.791. The smallest absolute Gasteiger partial charge is 0.121 e. The fraction of sp³-hybridized carbons (Fsp3) is 0.600. The van der Waals surface area contributed by atoms with E-state index in [2.05, 4.69) is 19.2 Å². The lowest BCUT2D eigenvalue weighted by Crippen LogP contribution is -2.25. The third kappa shape index (κ3) is 5.28. The third-order valence-corrected chi connectivity index (χ3v) is 3.57. The van der Waals surface area contributed by atoms with Gasteiger partial charge in [-0.1, -0.05) is 50.3 Å². The van der Waals surface area contributed by atoms with Gasteiger partial charge in [0.05, 0.1) is 0 Å². The van der Waals surface area contributed by atoms with Crippen molar-refractivity contribution in [3.8, 4) is 5.75 Å². The van der Waals surface area contributed by atoms with Crippen LogP contribution < -0.4 is 5.32 Å². The van der Waals surface area contributed by atoms with E-state index in [0.717, 1.165) is 5.56 Å². The van der Waals surface area contributed by atoms with E-state index in [9.17, 15) is 5.11 Å². The van der Waals surface area contributed by atoms with Crippen molar-refractivity contribution >= 4 is 11.6 Å². The molecule has 102 valence electrons. The van der Waals surface area contributed by atoms with Gasteiger partial charge in [0.15, 0.2) is 0 Å². The van der Waals surface area contributed by atoms with Crippen molar-refractivity contribution in [2.45, 2.75) is 58.5 Å². The Kier molecular flexibility index (Phi) is 7.14. The number of nitrogens with one attached hydrogen (secondary N) is 1. The fourth-order valence-corrected chi connectivity index (χ4v) is 2.21. The molecule has 0 aliphatic heterocycles. The SMILES string of the molecule is CCCCCCC(C)NCc1c(O)cccc1Cl. The quantitative estimate of drug-likeness (QED) is 0.682. The van der Waals surface area contributed by atoms with Crippen LogP contribution >= 0.6 is 11.6 Å². The predicted molar refractivity (Wildman–Crippen MR) is 78.2 cm³/mol. The molecule has 0 radical (unpaired) electrons. The van der Waals surface area contributed by atoms with Crippen LogP contribution in [0.3, 0.4) is 0 Å². The molecule has 0 bridgehead atoms. The molecule has 1 aromatic rings. The van der Waals surface area contributed by atoms with Crippen molar-refractivity contribution in [1.29, 1.82) is 0 Å². The summed E-state index contributed by atoms with van der Waals surface area (Å²) in [5.74, 6) is 0.271. The standard InChI is InChI=1S/C15H24ClNO/c1-3-4-5-6-8-12(2)17-11-13-14(16)9-7-10-15(13)18/h7,9-10,12,17-18H,3-6,8,11H2,1-2H3. The Hall–Kier alpha value is -0.730. The second kappa shape index (κ2) is 8.39. The van der Waals surface area contributed by atoms with Gasteiger partial charge in [0.1, 0.15) is 5.75 Å². The highest BCUT2D eigenvalue weighted by atomic mass is 35.5. The number of benzene rings is 1. The van der Waals surface area contributed by atoms with Crippen LogP contribution in [-0.4, -0.2) is 11.1 Å². The summed E-state index contributed by atoms with van der Waals surface area (Å²) in [7, 11) is 0.